The molecule has 0 aromatic carbocycles. The van der Waals surface area contributed by atoms with Crippen LogP contribution in [0.1, 0.15) is 19.5 Å². The van der Waals surface area contributed by atoms with Gasteiger partial charge in [0.1, 0.15) is 11.7 Å². The summed E-state index contributed by atoms with van der Waals surface area (Å²) in [6.07, 6.45) is -3.72. The van der Waals surface area contributed by atoms with E-state index in [4.69, 9.17) is 5.11 Å². The maximum atomic E-state index is 12.3. The van der Waals surface area contributed by atoms with Gasteiger partial charge < -0.3 is 15.7 Å². The lowest BCUT2D eigenvalue weighted by Crippen LogP contribution is -2.46. The number of nitrogens with one attached hydrogen (secondary N) is 2. The van der Waals surface area contributed by atoms with Gasteiger partial charge >= 0.3 is 18.2 Å². The predicted molar refractivity (Wildman–Crippen MR) is 67.7 cm³/mol. The molecule has 1 heterocycles. The number of amides is 2. The van der Waals surface area contributed by atoms with Gasteiger partial charge in [-0.2, -0.15) is 13.2 Å². The van der Waals surface area contributed by atoms with Gasteiger partial charge in [0.15, 0.2) is 0 Å². The second kappa shape index (κ2) is 6.42. The van der Waals surface area contributed by atoms with Crippen molar-refractivity contribution in [2.75, 3.05) is 5.32 Å². The third kappa shape index (κ3) is 4.93. The normalized spacial score (nSPS) is 12.9. The first-order valence-corrected chi connectivity index (χ1v) is 5.95. The summed E-state index contributed by atoms with van der Waals surface area (Å²) in [6, 6.07) is -0.196. The average molecular weight is 305 g/mol. The molecule has 0 bridgehead atoms. The van der Waals surface area contributed by atoms with Crippen LogP contribution in [0.2, 0.25) is 0 Å². The highest BCUT2D eigenvalue weighted by atomic mass is 19.4. The maximum Gasteiger partial charge on any atom is 0.433 e. The molecule has 1 atom stereocenters. The van der Waals surface area contributed by atoms with Crippen LogP contribution in [0.3, 0.4) is 0 Å². The third-order valence-corrected chi connectivity index (χ3v) is 2.53. The van der Waals surface area contributed by atoms with E-state index in [0.717, 1.165) is 12.3 Å². The van der Waals surface area contributed by atoms with Crippen molar-refractivity contribution in [2.24, 2.45) is 5.92 Å². The molecular formula is C12H14F3N3O3. The van der Waals surface area contributed by atoms with Gasteiger partial charge in [-0.05, 0) is 18.1 Å². The van der Waals surface area contributed by atoms with E-state index < -0.39 is 29.9 Å². The number of anilines is 1. The summed E-state index contributed by atoms with van der Waals surface area (Å²) < 4.78 is 36.9. The number of pyridine rings is 1. The molecule has 1 aromatic rings. The number of urea groups is 1. The zero-order chi connectivity index (χ0) is 16.2. The summed E-state index contributed by atoms with van der Waals surface area (Å²) in [4.78, 5) is 25.7. The van der Waals surface area contributed by atoms with Gasteiger partial charge in [-0.3, -0.25) is 0 Å². The number of halogens is 3. The van der Waals surface area contributed by atoms with E-state index in [-0.39, 0.29) is 11.6 Å². The minimum absolute atomic E-state index is 0.0217. The molecule has 0 fully saturated rings. The van der Waals surface area contributed by atoms with E-state index in [9.17, 15) is 22.8 Å². The fourth-order valence-corrected chi connectivity index (χ4v) is 1.46. The first-order chi connectivity index (χ1) is 9.61. The fraction of sp³-hybridized carbons (Fsp3) is 0.417. The molecule has 0 unspecified atom stereocenters. The van der Waals surface area contributed by atoms with Gasteiger partial charge in [0.25, 0.3) is 0 Å². The average Bonchev–Trinajstić information content (AvgIpc) is 2.34. The molecule has 21 heavy (non-hydrogen) atoms. The summed E-state index contributed by atoms with van der Waals surface area (Å²) in [5, 5.41) is 13.3. The van der Waals surface area contributed by atoms with Crippen LogP contribution < -0.4 is 10.6 Å². The number of aliphatic carboxylic acids is 1. The highest BCUT2D eigenvalue weighted by molar-refractivity contribution is 5.92. The van der Waals surface area contributed by atoms with E-state index in [1.807, 2.05) is 0 Å². The Morgan fingerprint density at radius 3 is 2.29 bits per heavy atom. The molecule has 9 heteroatoms. The van der Waals surface area contributed by atoms with Crippen LogP contribution in [0.5, 0.6) is 0 Å². The van der Waals surface area contributed by atoms with Gasteiger partial charge in [-0.15, -0.1) is 0 Å². The van der Waals surface area contributed by atoms with Crippen molar-refractivity contribution in [2.45, 2.75) is 26.1 Å². The van der Waals surface area contributed by atoms with Crippen LogP contribution in [0.4, 0.5) is 23.7 Å². The summed E-state index contributed by atoms with van der Waals surface area (Å²) in [5.41, 5.74) is -1.06. The summed E-state index contributed by atoms with van der Waals surface area (Å²) in [5.74, 6) is -1.55. The number of carboxylic acids is 1. The van der Waals surface area contributed by atoms with Crippen molar-refractivity contribution in [1.29, 1.82) is 0 Å². The Morgan fingerprint density at radius 1 is 1.29 bits per heavy atom. The van der Waals surface area contributed by atoms with Crippen LogP contribution in [-0.2, 0) is 11.0 Å². The quantitative estimate of drug-likeness (QED) is 0.796. The van der Waals surface area contributed by atoms with Gasteiger partial charge in [0.05, 0.1) is 11.9 Å². The largest absolute Gasteiger partial charge is 0.480 e. The number of hydrogen-bond acceptors (Lipinski definition) is 3. The molecule has 6 nitrogen and oxygen atoms in total. The minimum atomic E-state index is -4.56. The molecule has 0 aliphatic heterocycles. The first-order valence-electron chi connectivity index (χ1n) is 5.95. The van der Waals surface area contributed by atoms with Crippen molar-refractivity contribution < 1.29 is 27.9 Å². The zero-order valence-corrected chi connectivity index (χ0v) is 11.2. The van der Waals surface area contributed by atoms with Crippen LogP contribution in [0.25, 0.3) is 0 Å². The van der Waals surface area contributed by atoms with E-state index in [1.165, 1.54) is 0 Å². The monoisotopic (exact) mass is 305 g/mol. The predicted octanol–water partition coefficient (Wildman–Crippen LogP) is 2.33. The Balaban J connectivity index is 2.69. The summed E-state index contributed by atoms with van der Waals surface area (Å²) >= 11 is 0. The number of carbonyl (C=O) groups excluding carboxylic acids is 1. The van der Waals surface area contributed by atoms with Crippen molar-refractivity contribution >= 4 is 17.7 Å². The van der Waals surface area contributed by atoms with Crippen LogP contribution in [0, 0.1) is 5.92 Å². The molecule has 116 valence electrons. The standard InChI is InChI=1S/C12H14F3N3O3/c1-6(2)9(10(19)20)18-11(21)17-7-3-4-8(16-5-7)12(13,14)15/h3-6,9H,1-2H3,(H,19,20)(H2,17,18,21)/t9-/m0/s1. The number of carboxylic acid groups (broad SMARTS) is 1. The SMILES string of the molecule is CC(C)[C@H](NC(=O)Nc1ccc(C(F)(F)F)nc1)C(=O)O. The molecule has 0 spiro atoms. The lowest BCUT2D eigenvalue weighted by Gasteiger charge is -2.18. The summed E-state index contributed by atoms with van der Waals surface area (Å²) in [7, 11) is 0. The molecule has 0 saturated heterocycles. The Morgan fingerprint density at radius 2 is 1.90 bits per heavy atom. The van der Waals surface area contributed by atoms with Crippen LogP contribution >= 0.6 is 0 Å². The maximum absolute atomic E-state index is 12.3. The molecule has 1 aromatic heterocycles. The first kappa shape index (κ1) is 16.7. The smallest absolute Gasteiger partial charge is 0.433 e. The van der Waals surface area contributed by atoms with Crippen LogP contribution in [0.15, 0.2) is 18.3 Å². The topological polar surface area (TPSA) is 91.3 Å². The number of rotatable bonds is 4. The van der Waals surface area contributed by atoms with Crippen LogP contribution in [-0.4, -0.2) is 28.1 Å². The molecular weight excluding hydrogens is 291 g/mol. The van der Waals surface area contributed by atoms with Crippen molar-refractivity contribution in [3.8, 4) is 0 Å². The summed E-state index contributed by atoms with van der Waals surface area (Å²) in [6.45, 7) is 3.22. The number of hydrogen-bond donors (Lipinski definition) is 3. The molecule has 0 aliphatic carbocycles. The van der Waals surface area contributed by atoms with Crippen molar-refractivity contribution in [3.05, 3.63) is 24.0 Å². The van der Waals surface area contributed by atoms with Crippen molar-refractivity contribution in [1.82, 2.24) is 10.3 Å². The number of alkyl halides is 3. The van der Waals surface area contributed by atoms with E-state index in [2.05, 4.69) is 15.6 Å². The molecule has 0 radical (unpaired) electrons. The Bertz CT molecular complexity index is 515. The van der Waals surface area contributed by atoms with Gasteiger partial charge in [0.2, 0.25) is 0 Å². The third-order valence-electron chi connectivity index (χ3n) is 2.53. The Labute approximate surface area is 118 Å². The second-order valence-electron chi connectivity index (χ2n) is 4.59. The van der Waals surface area contributed by atoms with E-state index >= 15 is 0 Å². The molecule has 2 amide bonds. The van der Waals surface area contributed by atoms with Crippen molar-refractivity contribution in [3.63, 3.8) is 0 Å². The van der Waals surface area contributed by atoms with Gasteiger partial charge in [-0.1, -0.05) is 13.8 Å². The molecule has 0 saturated carbocycles. The highest BCUT2D eigenvalue weighted by Crippen LogP contribution is 2.27. The van der Waals surface area contributed by atoms with Gasteiger partial charge in [-0.25, -0.2) is 14.6 Å². The number of carbonyl (C=O) groups is 2. The lowest BCUT2D eigenvalue weighted by atomic mass is 10.1. The Hall–Kier alpha value is -2.32. The van der Waals surface area contributed by atoms with E-state index in [1.54, 1.807) is 13.8 Å². The molecule has 0 aliphatic rings. The lowest BCUT2D eigenvalue weighted by molar-refractivity contribution is -0.141. The zero-order valence-electron chi connectivity index (χ0n) is 11.2. The fourth-order valence-electron chi connectivity index (χ4n) is 1.46. The molecule has 3 N–H and O–H groups in total. The molecule has 1 rings (SSSR count). The second-order valence-corrected chi connectivity index (χ2v) is 4.59. The van der Waals surface area contributed by atoms with Gasteiger partial charge in [0, 0.05) is 0 Å². The number of nitrogens with zero attached hydrogens (tertiary/aromatic N) is 1. The number of aromatic nitrogens is 1. The van der Waals surface area contributed by atoms with E-state index in [0.29, 0.717) is 6.07 Å². The Kier molecular flexibility index (Phi) is 5.12. The minimum Gasteiger partial charge on any atom is -0.480 e. The highest BCUT2D eigenvalue weighted by Gasteiger charge is 2.32.